The summed E-state index contributed by atoms with van der Waals surface area (Å²) in [5.74, 6) is 0. The minimum absolute atomic E-state index is 0.459. The van der Waals surface area contributed by atoms with Crippen LogP contribution in [-0.2, 0) is 0 Å². The summed E-state index contributed by atoms with van der Waals surface area (Å²) in [5, 5.41) is 20.2. The van der Waals surface area contributed by atoms with Gasteiger partial charge >= 0.3 is 0 Å². The van der Waals surface area contributed by atoms with Crippen LogP contribution >= 0.6 is 0 Å². The third-order valence-electron chi connectivity index (χ3n) is 3.85. The Morgan fingerprint density at radius 2 is 1.62 bits per heavy atom. The van der Waals surface area contributed by atoms with Crippen molar-refractivity contribution in [3.63, 3.8) is 0 Å². The number of aliphatic hydroxyl groups excluding tert-OH is 1. The highest BCUT2D eigenvalue weighted by atomic mass is 16.3. The van der Waals surface area contributed by atoms with Crippen molar-refractivity contribution >= 4 is 0 Å². The Labute approximate surface area is 81.4 Å². The van der Waals surface area contributed by atoms with Crippen molar-refractivity contribution in [2.75, 3.05) is 0 Å². The summed E-state index contributed by atoms with van der Waals surface area (Å²) in [6, 6.07) is 0. The SMILES string of the molecule is [2H]C1(O)CCCCC12CCCC[C@@H]2O. The Balaban J connectivity index is 2.25. The molecule has 0 bridgehead atoms. The first-order valence-electron chi connectivity index (χ1n) is 5.99. The molecule has 0 amide bonds. The highest BCUT2D eigenvalue weighted by molar-refractivity contribution is 4.97. The van der Waals surface area contributed by atoms with Gasteiger partial charge in [-0.25, -0.2) is 0 Å². The summed E-state index contributed by atoms with van der Waals surface area (Å²) >= 11 is 0. The molecule has 0 saturated heterocycles. The highest BCUT2D eigenvalue weighted by Crippen LogP contribution is 2.47. The van der Waals surface area contributed by atoms with Gasteiger partial charge in [-0.05, 0) is 25.7 Å². The Hall–Kier alpha value is -0.0800. The lowest BCUT2D eigenvalue weighted by atomic mass is 9.62. The van der Waals surface area contributed by atoms with Gasteiger partial charge in [-0.1, -0.05) is 25.7 Å². The molecule has 2 nitrogen and oxygen atoms in total. The second-order valence-electron chi connectivity index (χ2n) is 4.57. The van der Waals surface area contributed by atoms with Gasteiger partial charge in [-0.3, -0.25) is 0 Å². The monoisotopic (exact) mass is 185 g/mol. The van der Waals surface area contributed by atoms with Gasteiger partial charge in [0.25, 0.3) is 0 Å². The third kappa shape index (κ3) is 1.50. The molecular formula is C11H20O2. The van der Waals surface area contributed by atoms with Crippen molar-refractivity contribution in [2.45, 2.75) is 63.6 Å². The van der Waals surface area contributed by atoms with Crippen LogP contribution in [0.3, 0.4) is 0 Å². The van der Waals surface area contributed by atoms with Crippen molar-refractivity contribution in [1.82, 2.24) is 0 Å². The zero-order chi connectivity index (χ0) is 10.2. The maximum Gasteiger partial charge on any atom is 0.0621 e. The zero-order valence-corrected chi connectivity index (χ0v) is 8.13. The van der Waals surface area contributed by atoms with Gasteiger partial charge in [0, 0.05) is 5.41 Å². The predicted molar refractivity (Wildman–Crippen MR) is 51.4 cm³/mol. The molecule has 0 heterocycles. The second-order valence-corrected chi connectivity index (χ2v) is 4.57. The summed E-state index contributed by atoms with van der Waals surface area (Å²) < 4.78 is 7.99. The van der Waals surface area contributed by atoms with Crippen LogP contribution in [0, 0.1) is 5.41 Å². The van der Waals surface area contributed by atoms with E-state index in [9.17, 15) is 10.2 Å². The molecule has 2 N–H and O–H groups in total. The summed E-state index contributed by atoms with van der Waals surface area (Å²) in [7, 11) is 0. The van der Waals surface area contributed by atoms with Crippen LogP contribution in [0.25, 0.3) is 0 Å². The van der Waals surface area contributed by atoms with Crippen molar-refractivity contribution in [2.24, 2.45) is 5.41 Å². The van der Waals surface area contributed by atoms with Crippen molar-refractivity contribution in [1.29, 1.82) is 0 Å². The number of hydrogen-bond donors (Lipinski definition) is 2. The largest absolute Gasteiger partial charge is 0.392 e. The van der Waals surface area contributed by atoms with Crippen molar-refractivity contribution in [3.05, 3.63) is 0 Å². The highest BCUT2D eigenvalue weighted by Gasteiger charge is 2.46. The lowest BCUT2D eigenvalue weighted by Crippen LogP contribution is -2.49. The van der Waals surface area contributed by atoms with E-state index in [1.54, 1.807) is 0 Å². The van der Waals surface area contributed by atoms with Gasteiger partial charge in [0.15, 0.2) is 0 Å². The Kier molecular flexibility index (Phi) is 2.27. The molecule has 2 aliphatic rings. The van der Waals surface area contributed by atoms with Crippen LogP contribution in [0.2, 0.25) is 0 Å². The maximum absolute atomic E-state index is 10.1. The number of rotatable bonds is 0. The molecule has 0 aromatic carbocycles. The molecule has 2 fully saturated rings. The van der Waals surface area contributed by atoms with Gasteiger partial charge < -0.3 is 10.2 Å². The summed E-state index contributed by atoms with van der Waals surface area (Å²) in [6.45, 7) is 0. The average Bonchev–Trinajstić information content (AvgIpc) is 2.14. The number of aliphatic hydroxyl groups is 2. The first-order valence-corrected chi connectivity index (χ1v) is 5.49. The zero-order valence-electron chi connectivity index (χ0n) is 9.13. The lowest BCUT2D eigenvalue weighted by Gasteiger charge is -2.47. The molecule has 2 unspecified atom stereocenters. The molecule has 2 saturated carbocycles. The summed E-state index contributed by atoms with van der Waals surface area (Å²) in [4.78, 5) is 0. The Bertz CT molecular complexity index is 211. The van der Waals surface area contributed by atoms with E-state index in [1.807, 2.05) is 0 Å². The van der Waals surface area contributed by atoms with Crippen molar-refractivity contribution in [3.8, 4) is 0 Å². The minimum Gasteiger partial charge on any atom is -0.392 e. The molecule has 2 rings (SSSR count). The van der Waals surface area contributed by atoms with Crippen LogP contribution < -0.4 is 0 Å². The molecule has 0 radical (unpaired) electrons. The maximum atomic E-state index is 10.1. The molecule has 0 aromatic rings. The standard InChI is InChI=1S/C11H20O2/c12-9-5-1-3-7-11(9)8-4-2-6-10(11)13/h9-10,12-13H,1-8H2/t9-,10?,11?/m0/s1/i9D/t9?,10-,11?. The molecule has 0 aliphatic heterocycles. The third-order valence-corrected chi connectivity index (χ3v) is 3.85. The summed E-state index contributed by atoms with van der Waals surface area (Å²) in [5.41, 5.74) is -0.510. The topological polar surface area (TPSA) is 40.5 Å². The quantitative estimate of drug-likeness (QED) is 0.604. The van der Waals surface area contributed by atoms with Gasteiger partial charge in [-0.15, -0.1) is 0 Å². The van der Waals surface area contributed by atoms with Gasteiger partial charge in [0.05, 0.1) is 13.6 Å². The summed E-state index contributed by atoms with van der Waals surface area (Å²) in [6.07, 6.45) is 5.18. The van der Waals surface area contributed by atoms with E-state index in [0.29, 0.717) is 6.42 Å². The molecule has 13 heavy (non-hydrogen) atoms. The first-order chi connectivity index (χ1) is 6.58. The predicted octanol–water partition coefficient (Wildman–Crippen LogP) is 1.84. The molecule has 76 valence electrons. The van der Waals surface area contributed by atoms with Crippen molar-refractivity contribution < 1.29 is 11.6 Å². The second kappa shape index (κ2) is 3.58. The minimum atomic E-state index is -1.38. The molecule has 3 atom stereocenters. The van der Waals surface area contributed by atoms with E-state index in [1.165, 1.54) is 0 Å². The molecule has 1 spiro atoms. The fraction of sp³-hybridized carbons (Fsp3) is 1.00. The van der Waals surface area contributed by atoms with Gasteiger partial charge in [0.1, 0.15) is 0 Å². The van der Waals surface area contributed by atoms with Gasteiger partial charge in [-0.2, -0.15) is 0 Å². The Morgan fingerprint density at radius 3 is 2.15 bits per heavy atom. The van der Waals surface area contributed by atoms with E-state index >= 15 is 0 Å². The van der Waals surface area contributed by atoms with Crippen LogP contribution in [0.1, 0.15) is 52.7 Å². The fourth-order valence-corrected chi connectivity index (χ4v) is 2.98. The van der Waals surface area contributed by atoms with Crippen LogP contribution in [-0.4, -0.2) is 22.4 Å². The molecular weight excluding hydrogens is 164 g/mol. The van der Waals surface area contributed by atoms with E-state index in [0.717, 1.165) is 44.9 Å². The Morgan fingerprint density at radius 1 is 1.00 bits per heavy atom. The van der Waals surface area contributed by atoms with E-state index in [-0.39, 0.29) is 0 Å². The first kappa shape index (κ1) is 8.25. The van der Waals surface area contributed by atoms with E-state index in [2.05, 4.69) is 0 Å². The molecule has 0 aromatic heterocycles. The number of hydrogen-bond acceptors (Lipinski definition) is 2. The molecule has 2 heteroatoms. The van der Waals surface area contributed by atoms with E-state index in [4.69, 9.17) is 1.37 Å². The lowest BCUT2D eigenvalue weighted by molar-refractivity contribution is -0.116. The van der Waals surface area contributed by atoms with Crippen LogP contribution in [0.15, 0.2) is 0 Å². The fourth-order valence-electron chi connectivity index (χ4n) is 2.98. The van der Waals surface area contributed by atoms with Crippen LogP contribution in [0.5, 0.6) is 0 Å². The molecule has 2 aliphatic carbocycles. The van der Waals surface area contributed by atoms with Crippen LogP contribution in [0.4, 0.5) is 0 Å². The average molecular weight is 185 g/mol. The normalized spacial score (nSPS) is 53.4. The van der Waals surface area contributed by atoms with E-state index < -0.39 is 17.6 Å². The smallest absolute Gasteiger partial charge is 0.0621 e. The van der Waals surface area contributed by atoms with Gasteiger partial charge in [0.2, 0.25) is 0 Å².